The number of rotatable bonds is 2. The van der Waals surface area contributed by atoms with E-state index in [0.29, 0.717) is 5.02 Å². The molecule has 0 saturated heterocycles. The first-order valence-electron chi connectivity index (χ1n) is 4.60. The van der Waals surface area contributed by atoms with Gasteiger partial charge in [-0.3, -0.25) is 0 Å². The number of hydrogen-bond acceptors (Lipinski definition) is 1. The second-order valence-corrected chi connectivity index (χ2v) is 3.86. The van der Waals surface area contributed by atoms with Crippen LogP contribution in [0, 0.1) is 0 Å². The van der Waals surface area contributed by atoms with Crippen molar-refractivity contribution in [1.29, 1.82) is 0 Å². The first kappa shape index (κ1) is 9.41. The molecule has 1 aromatic heterocycles. The topological polar surface area (TPSA) is 25.0 Å². The first-order valence-corrected chi connectivity index (χ1v) is 4.98. The van der Waals surface area contributed by atoms with Crippen LogP contribution < -0.4 is 4.74 Å². The fourth-order valence-corrected chi connectivity index (χ4v) is 1.69. The molecule has 2 rings (SSSR count). The molecule has 2 nitrogen and oxygen atoms in total. The summed E-state index contributed by atoms with van der Waals surface area (Å²) in [6.45, 7) is 3.97. The number of hydrogen-bond donors (Lipinski definition) is 1. The fourth-order valence-electron chi connectivity index (χ4n) is 1.42. The van der Waals surface area contributed by atoms with Crippen molar-refractivity contribution in [2.45, 2.75) is 20.0 Å². The van der Waals surface area contributed by atoms with Gasteiger partial charge in [0, 0.05) is 17.1 Å². The van der Waals surface area contributed by atoms with Crippen molar-refractivity contribution in [2.24, 2.45) is 0 Å². The van der Waals surface area contributed by atoms with Gasteiger partial charge in [-0.1, -0.05) is 11.6 Å². The van der Waals surface area contributed by atoms with Gasteiger partial charge in [0.1, 0.15) is 5.75 Å². The van der Waals surface area contributed by atoms with Crippen LogP contribution >= 0.6 is 11.6 Å². The number of H-pyrrole nitrogens is 1. The van der Waals surface area contributed by atoms with E-state index in [2.05, 4.69) is 4.98 Å². The van der Waals surface area contributed by atoms with Gasteiger partial charge in [0.05, 0.1) is 11.1 Å². The highest BCUT2D eigenvalue weighted by atomic mass is 35.5. The third kappa shape index (κ3) is 1.58. The molecule has 1 heterocycles. The van der Waals surface area contributed by atoms with Gasteiger partial charge < -0.3 is 9.72 Å². The molecule has 0 spiro atoms. The van der Waals surface area contributed by atoms with Crippen LogP contribution in [0.2, 0.25) is 5.02 Å². The van der Waals surface area contributed by atoms with Crippen molar-refractivity contribution < 1.29 is 4.74 Å². The maximum Gasteiger partial charge on any atom is 0.139 e. The zero-order valence-electron chi connectivity index (χ0n) is 8.17. The van der Waals surface area contributed by atoms with Crippen molar-refractivity contribution in [3.8, 4) is 5.75 Å². The van der Waals surface area contributed by atoms with Crippen molar-refractivity contribution in [1.82, 2.24) is 4.98 Å². The Labute approximate surface area is 87.8 Å². The maximum absolute atomic E-state index is 6.18. The van der Waals surface area contributed by atoms with Gasteiger partial charge in [0.15, 0.2) is 0 Å². The summed E-state index contributed by atoms with van der Waals surface area (Å²) < 4.78 is 5.58. The van der Waals surface area contributed by atoms with Gasteiger partial charge in [-0.15, -0.1) is 0 Å². The molecule has 0 aliphatic rings. The molecule has 2 aromatic rings. The van der Waals surface area contributed by atoms with Crippen LogP contribution in [0.25, 0.3) is 10.9 Å². The zero-order chi connectivity index (χ0) is 10.1. The van der Waals surface area contributed by atoms with Gasteiger partial charge in [-0.05, 0) is 32.0 Å². The minimum absolute atomic E-state index is 0.142. The summed E-state index contributed by atoms with van der Waals surface area (Å²) in [5.41, 5.74) is 1.03. The van der Waals surface area contributed by atoms with E-state index in [-0.39, 0.29) is 6.10 Å². The highest BCUT2D eigenvalue weighted by molar-refractivity contribution is 6.36. The smallest absolute Gasteiger partial charge is 0.139 e. The predicted octanol–water partition coefficient (Wildman–Crippen LogP) is 3.61. The van der Waals surface area contributed by atoms with Crippen LogP contribution in [-0.4, -0.2) is 11.1 Å². The molecular weight excluding hydrogens is 198 g/mol. The Hall–Kier alpha value is -1.15. The van der Waals surface area contributed by atoms with Crippen molar-refractivity contribution in [3.63, 3.8) is 0 Å². The summed E-state index contributed by atoms with van der Waals surface area (Å²) in [7, 11) is 0. The number of benzene rings is 1. The Morgan fingerprint density at radius 3 is 2.79 bits per heavy atom. The van der Waals surface area contributed by atoms with Crippen molar-refractivity contribution in [3.05, 3.63) is 29.4 Å². The average molecular weight is 210 g/mol. The standard InChI is InChI=1S/C11H12ClNO/c1-7(2)14-10-4-3-9-8(11(10)12)5-6-13-9/h3-7,13H,1-2H3. The highest BCUT2D eigenvalue weighted by Gasteiger charge is 2.08. The van der Waals surface area contributed by atoms with E-state index >= 15 is 0 Å². The Bertz CT molecular complexity index is 447. The first-order chi connectivity index (χ1) is 6.68. The minimum Gasteiger partial charge on any atom is -0.489 e. The van der Waals surface area contributed by atoms with Gasteiger partial charge in [-0.25, -0.2) is 0 Å². The minimum atomic E-state index is 0.142. The molecule has 0 aliphatic carbocycles. The van der Waals surface area contributed by atoms with Crippen LogP contribution in [0.3, 0.4) is 0 Å². The average Bonchev–Trinajstić information content (AvgIpc) is 2.57. The van der Waals surface area contributed by atoms with Crippen LogP contribution in [0.1, 0.15) is 13.8 Å². The molecule has 0 saturated carbocycles. The normalized spacial score (nSPS) is 11.1. The quantitative estimate of drug-likeness (QED) is 0.803. The molecule has 1 aromatic carbocycles. The second-order valence-electron chi connectivity index (χ2n) is 3.48. The van der Waals surface area contributed by atoms with E-state index in [1.165, 1.54) is 0 Å². The summed E-state index contributed by atoms with van der Waals surface area (Å²) in [5.74, 6) is 0.744. The van der Waals surface area contributed by atoms with E-state index in [1.54, 1.807) is 0 Å². The second kappa shape index (κ2) is 3.54. The molecule has 0 bridgehead atoms. The Kier molecular flexibility index (Phi) is 2.38. The van der Waals surface area contributed by atoms with Gasteiger partial charge >= 0.3 is 0 Å². The molecule has 74 valence electrons. The fraction of sp³-hybridized carbons (Fsp3) is 0.273. The highest BCUT2D eigenvalue weighted by Crippen LogP contribution is 2.32. The molecule has 3 heteroatoms. The van der Waals surface area contributed by atoms with Crippen molar-refractivity contribution >= 4 is 22.5 Å². The van der Waals surface area contributed by atoms with Gasteiger partial charge in [0.25, 0.3) is 0 Å². The molecule has 0 aliphatic heterocycles. The summed E-state index contributed by atoms with van der Waals surface area (Å²) in [6.07, 6.45) is 2.01. The molecule has 0 radical (unpaired) electrons. The number of nitrogens with one attached hydrogen (secondary N) is 1. The SMILES string of the molecule is CC(C)Oc1ccc2[nH]ccc2c1Cl. The Balaban J connectivity index is 2.51. The molecule has 0 fully saturated rings. The third-order valence-corrected chi connectivity index (χ3v) is 2.39. The Morgan fingerprint density at radius 1 is 1.29 bits per heavy atom. The summed E-state index contributed by atoms with van der Waals surface area (Å²) >= 11 is 6.18. The van der Waals surface area contributed by atoms with E-state index in [9.17, 15) is 0 Å². The van der Waals surface area contributed by atoms with Crippen LogP contribution in [0.5, 0.6) is 5.75 Å². The van der Waals surface area contributed by atoms with Crippen LogP contribution in [0.15, 0.2) is 24.4 Å². The summed E-state index contributed by atoms with van der Waals surface area (Å²) in [4.78, 5) is 3.10. The number of aromatic nitrogens is 1. The van der Waals surface area contributed by atoms with Crippen LogP contribution in [-0.2, 0) is 0 Å². The molecule has 1 N–H and O–H groups in total. The molecule has 0 unspecified atom stereocenters. The zero-order valence-corrected chi connectivity index (χ0v) is 8.93. The third-order valence-electron chi connectivity index (χ3n) is 2.00. The number of halogens is 1. The monoisotopic (exact) mass is 209 g/mol. The lowest BCUT2D eigenvalue weighted by molar-refractivity contribution is 0.243. The Morgan fingerprint density at radius 2 is 2.07 bits per heavy atom. The van der Waals surface area contributed by atoms with Gasteiger partial charge in [0.2, 0.25) is 0 Å². The van der Waals surface area contributed by atoms with E-state index < -0.39 is 0 Å². The number of fused-ring (bicyclic) bond motifs is 1. The predicted molar refractivity (Wildman–Crippen MR) is 59.1 cm³/mol. The number of aromatic amines is 1. The number of ether oxygens (including phenoxy) is 1. The molecule has 0 amide bonds. The molecular formula is C11H12ClNO. The van der Waals surface area contributed by atoms with E-state index in [1.807, 2.05) is 38.2 Å². The largest absolute Gasteiger partial charge is 0.489 e. The molecule has 14 heavy (non-hydrogen) atoms. The summed E-state index contributed by atoms with van der Waals surface area (Å²) in [5, 5.41) is 1.68. The van der Waals surface area contributed by atoms with Gasteiger partial charge in [-0.2, -0.15) is 0 Å². The maximum atomic E-state index is 6.18. The lowest BCUT2D eigenvalue weighted by Crippen LogP contribution is -2.05. The summed E-state index contributed by atoms with van der Waals surface area (Å²) in [6, 6.07) is 5.81. The van der Waals surface area contributed by atoms with Crippen LogP contribution in [0.4, 0.5) is 0 Å². The van der Waals surface area contributed by atoms with E-state index in [4.69, 9.17) is 16.3 Å². The lowest BCUT2D eigenvalue weighted by atomic mass is 10.2. The van der Waals surface area contributed by atoms with Crippen molar-refractivity contribution in [2.75, 3.05) is 0 Å². The lowest BCUT2D eigenvalue weighted by Gasteiger charge is -2.11. The van der Waals surface area contributed by atoms with E-state index in [0.717, 1.165) is 16.7 Å². The molecule has 0 atom stereocenters.